The topological polar surface area (TPSA) is 51.8 Å². The normalized spacial score (nSPS) is 11.0. The Hall–Kier alpha value is -0.690. The molecule has 0 amide bonds. The van der Waals surface area contributed by atoms with Crippen molar-refractivity contribution < 1.29 is 0 Å². The maximum atomic E-state index is 6.00. The van der Waals surface area contributed by atoms with Crippen molar-refractivity contribution in [1.29, 1.82) is 0 Å². The minimum atomic E-state index is 0.542. The zero-order chi connectivity index (χ0) is 14.0. The number of nitrogens with zero attached hydrogens (tertiary/aromatic N) is 2. The van der Waals surface area contributed by atoms with Crippen LogP contribution in [0, 0.1) is 9.49 Å². The molecule has 3 nitrogen and oxygen atoms in total. The number of hydrogen-bond donors (Lipinski definition) is 1. The highest BCUT2D eigenvalue weighted by Crippen LogP contribution is 2.24. The van der Waals surface area contributed by atoms with Crippen LogP contribution in [0.5, 0.6) is 0 Å². The Morgan fingerprint density at radius 3 is 2.42 bits per heavy atom. The van der Waals surface area contributed by atoms with Crippen LogP contribution in [0.3, 0.4) is 0 Å². The fourth-order valence-corrected chi connectivity index (χ4v) is 2.49. The van der Waals surface area contributed by atoms with E-state index in [4.69, 9.17) is 5.73 Å². The van der Waals surface area contributed by atoms with Crippen molar-refractivity contribution in [2.75, 3.05) is 5.73 Å². The zero-order valence-corrected chi connectivity index (χ0v) is 14.6. The Balaban J connectivity index is 2.46. The molecule has 2 rings (SSSR count). The molecule has 0 fully saturated rings. The number of aromatic nitrogens is 2. The molecule has 0 unspecified atom stereocenters. The molecule has 0 atom stereocenters. The molecule has 2 N–H and O–H groups in total. The van der Waals surface area contributed by atoms with Crippen molar-refractivity contribution in [2.45, 2.75) is 20.3 Å². The van der Waals surface area contributed by atoms with Gasteiger partial charge in [-0.2, -0.15) is 0 Å². The van der Waals surface area contributed by atoms with E-state index >= 15 is 0 Å². The third-order valence-electron chi connectivity index (χ3n) is 2.65. The zero-order valence-electron chi connectivity index (χ0n) is 10.8. The van der Waals surface area contributed by atoms with Crippen LogP contribution in [0.15, 0.2) is 28.7 Å². The van der Waals surface area contributed by atoms with Gasteiger partial charge in [0.1, 0.15) is 5.82 Å². The third-order valence-corrected chi connectivity index (χ3v) is 4.35. The summed E-state index contributed by atoms with van der Waals surface area (Å²) in [6.45, 7) is 4.35. The summed E-state index contributed by atoms with van der Waals surface area (Å²) in [5, 5.41) is 0. The maximum absolute atomic E-state index is 6.00. The lowest BCUT2D eigenvalue weighted by Crippen LogP contribution is -2.07. The van der Waals surface area contributed by atoms with Crippen LogP contribution in [0.1, 0.15) is 19.5 Å². The lowest BCUT2D eigenvalue weighted by molar-refractivity contribution is 0.632. The largest absolute Gasteiger partial charge is 0.383 e. The van der Waals surface area contributed by atoms with Gasteiger partial charge in [-0.05, 0) is 47.1 Å². The fraction of sp³-hybridized carbons (Fsp3) is 0.286. The number of halogens is 2. The molecule has 2 aromatic rings. The van der Waals surface area contributed by atoms with Crippen LogP contribution in [0.4, 0.5) is 5.82 Å². The first kappa shape index (κ1) is 14.7. The number of nitrogen functional groups attached to an aromatic ring is 1. The molecular formula is C14H15BrIN3. The van der Waals surface area contributed by atoms with Crippen LogP contribution in [-0.4, -0.2) is 9.97 Å². The van der Waals surface area contributed by atoms with E-state index in [1.54, 1.807) is 0 Å². The molecule has 5 heteroatoms. The molecule has 19 heavy (non-hydrogen) atoms. The second kappa shape index (κ2) is 6.17. The summed E-state index contributed by atoms with van der Waals surface area (Å²) >= 11 is 5.65. The summed E-state index contributed by atoms with van der Waals surface area (Å²) in [4.78, 5) is 9.04. The maximum Gasteiger partial charge on any atom is 0.161 e. The van der Waals surface area contributed by atoms with E-state index in [9.17, 15) is 0 Å². The molecule has 0 aliphatic carbocycles. The van der Waals surface area contributed by atoms with Crippen molar-refractivity contribution in [1.82, 2.24) is 9.97 Å². The molecule has 0 spiro atoms. The van der Waals surface area contributed by atoms with E-state index in [1.165, 1.54) is 0 Å². The van der Waals surface area contributed by atoms with E-state index in [1.807, 2.05) is 24.3 Å². The van der Waals surface area contributed by atoms with Crippen LogP contribution in [-0.2, 0) is 6.42 Å². The Bertz CT molecular complexity index is 582. The molecular weight excluding hydrogens is 417 g/mol. The van der Waals surface area contributed by atoms with Gasteiger partial charge in [0.05, 0.1) is 9.26 Å². The summed E-state index contributed by atoms with van der Waals surface area (Å²) in [6, 6.07) is 7.94. The Kier molecular flexibility index (Phi) is 4.78. The number of rotatable bonds is 3. The van der Waals surface area contributed by atoms with E-state index in [-0.39, 0.29) is 0 Å². The smallest absolute Gasteiger partial charge is 0.161 e. The quantitative estimate of drug-likeness (QED) is 0.737. The number of nitrogens with two attached hydrogens (primary N) is 1. The van der Waals surface area contributed by atoms with Gasteiger partial charge < -0.3 is 5.73 Å². The molecule has 0 radical (unpaired) electrons. The third kappa shape index (κ3) is 3.66. The summed E-state index contributed by atoms with van der Waals surface area (Å²) < 4.78 is 2.00. The highest BCUT2D eigenvalue weighted by molar-refractivity contribution is 14.1. The fourth-order valence-electron chi connectivity index (χ4n) is 1.76. The minimum absolute atomic E-state index is 0.542. The Morgan fingerprint density at radius 1 is 1.21 bits per heavy atom. The lowest BCUT2D eigenvalue weighted by Gasteiger charge is -2.11. The van der Waals surface area contributed by atoms with Gasteiger partial charge in [0, 0.05) is 10.0 Å². The van der Waals surface area contributed by atoms with Crippen molar-refractivity contribution in [3.05, 3.63) is 38.0 Å². The highest BCUT2D eigenvalue weighted by Gasteiger charge is 2.12. The monoisotopic (exact) mass is 431 g/mol. The first-order chi connectivity index (χ1) is 8.97. The van der Waals surface area contributed by atoms with Crippen molar-refractivity contribution in [3.63, 3.8) is 0 Å². The van der Waals surface area contributed by atoms with Gasteiger partial charge in [-0.15, -0.1) is 0 Å². The standard InChI is InChI=1S/C14H15BrIN3/c1-8(2)7-11-12(16)13(17)19-14(18-11)9-3-5-10(15)6-4-9/h3-6,8H,7H2,1-2H3,(H2,17,18,19). The van der Waals surface area contributed by atoms with Crippen LogP contribution >= 0.6 is 38.5 Å². The van der Waals surface area contributed by atoms with E-state index in [0.29, 0.717) is 17.6 Å². The minimum Gasteiger partial charge on any atom is -0.383 e. The van der Waals surface area contributed by atoms with Gasteiger partial charge in [0.25, 0.3) is 0 Å². The molecule has 0 saturated carbocycles. The van der Waals surface area contributed by atoms with Gasteiger partial charge in [-0.25, -0.2) is 9.97 Å². The molecule has 1 heterocycles. The average molecular weight is 432 g/mol. The van der Waals surface area contributed by atoms with Crippen LogP contribution < -0.4 is 5.73 Å². The SMILES string of the molecule is CC(C)Cc1nc(-c2ccc(Br)cc2)nc(N)c1I. The Morgan fingerprint density at radius 2 is 1.84 bits per heavy atom. The molecule has 1 aromatic heterocycles. The second-order valence-electron chi connectivity index (χ2n) is 4.80. The second-order valence-corrected chi connectivity index (χ2v) is 6.79. The van der Waals surface area contributed by atoms with Crippen molar-refractivity contribution >= 4 is 44.3 Å². The van der Waals surface area contributed by atoms with Gasteiger partial charge in [0.2, 0.25) is 0 Å². The van der Waals surface area contributed by atoms with Crippen molar-refractivity contribution in [2.24, 2.45) is 5.92 Å². The summed E-state index contributed by atoms with van der Waals surface area (Å²) in [5.41, 5.74) is 8.01. The first-order valence-electron chi connectivity index (χ1n) is 6.05. The molecule has 0 bridgehead atoms. The Labute approximate surface area is 135 Å². The van der Waals surface area contributed by atoms with Gasteiger partial charge >= 0.3 is 0 Å². The van der Waals surface area contributed by atoms with Gasteiger partial charge in [-0.3, -0.25) is 0 Å². The van der Waals surface area contributed by atoms with Gasteiger partial charge in [-0.1, -0.05) is 41.9 Å². The average Bonchev–Trinajstić information content (AvgIpc) is 2.35. The molecule has 1 aromatic carbocycles. The number of anilines is 1. The predicted octanol–water partition coefficient (Wildman–Crippen LogP) is 4.29. The van der Waals surface area contributed by atoms with Crippen LogP contribution in [0.25, 0.3) is 11.4 Å². The summed E-state index contributed by atoms with van der Waals surface area (Å²) in [7, 11) is 0. The summed E-state index contributed by atoms with van der Waals surface area (Å²) in [6.07, 6.45) is 0.911. The number of hydrogen-bond acceptors (Lipinski definition) is 3. The number of benzene rings is 1. The van der Waals surface area contributed by atoms with Crippen molar-refractivity contribution in [3.8, 4) is 11.4 Å². The molecule has 0 aliphatic heterocycles. The van der Waals surface area contributed by atoms with E-state index in [0.717, 1.165) is 25.7 Å². The van der Waals surface area contributed by atoms with Gasteiger partial charge in [0.15, 0.2) is 5.82 Å². The van der Waals surface area contributed by atoms with Crippen LogP contribution in [0.2, 0.25) is 0 Å². The predicted molar refractivity (Wildman–Crippen MR) is 90.8 cm³/mol. The first-order valence-corrected chi connectivity index (χ1v) is 7.92. The molecule has 0 saturated heterocycles. The summed E-state index contributed by atoms with van der Waals surface area (Å²) in [5.74, 6) is 1.80. The highest BCUT2D eigenvalue weighted by atomic mass is 127. The molecule has 100 valence electrons. The lowest BCUT2D eigenvalue weighted by atomic mass is 10.1. The molecule has 0 aliphatic rings. The van der Waals surface area contributed by atoms with E-state index in [2.05, 4.69) is 62.3 Å². The van der Waals surface area contributed by atoms with E-state index < -0.39 is 0 Å².